The Labute approximate surface area is 101 Å². The van der Waals surface area contributed by atoms with E-state index in [-0.39, 0.29) is 11.3 Å². The SMILES string of the molecule is CC(C)N(C1=C(C(=O)O)CCCC1)S(=O)(=O)O. The Balaban J connectivity index is 3.29. The number of carboxylic acids is 1. The third-order valence-corrected chi connectivity index (χ3v) is 3.82. The highest BCUT2D eigenvalue weighted by Gasteiger charge is 2.30. The number of hydrogen-bond donors (Lipinski definition) is 2. The van der Waals surface area contributed by atoms with Gasteiger partial charge in [-0.1, -0.05) is 0 Å². The van der Waals surface area contributed by atoms with E-state index in [4.69, 9.17) is 5.11 Å². The zero-order chi connectivity index (χ0) is 13.2. The van der Waals surface area contributed by atoms with E-state index >= 15 is 0 Å². The molecule has 0 aromatic carbocycles. The van der Waals surface area contributed by atoms with Crippen molar-refractivity contribution >= 4 is 16.3 Å². The maximum absolute atomic E-state index is 11.3. The number of hydrogen-bond acceptors (Lipinski definition) is 3. The third kappa shape index (κ3) is 3.19. The summed E-state index contributed by atoms with van der Waals surface area (Å²) in [6.07, 6.45) is 2.15. The van der Waals surface area contributed by atoms with Gasteiger partial charge in [-0.25, -0.2) is 9.10 Å². The molecule has 0 spiro atoms. The quantitative estimate of drug-likeness (QED) is 0.748. The van der Waals surface area contributed by atoms with Crippen molar-refractivity contribution in [2.24, 2.45) is 0 Å². The van der Waals surface area contributed by atoms with E-state index < -0.39 is 22.3 Å². The second kappa shape index (κ2) is 5.05. The van der Waals surface area contributed by atoms with E-state index in [1.807, 2.05) is 0 Å². The maximum Gasteiger partial charge on any atom is 0.359 e. The molecule has 0 aromatic rings. The van der Waals surface area contributed by atoms with Gasteiger partial charge in [0.05, 0.1) is 5.57 Å². The van der Waals surface area contributed by atoms with Crippen molar-refractivity contribution in [3.05, 3.63) is 11.3 Å². The first kappa shape index (κ1) is 14.0. The molecule has 0 saturated heterocycles. The van der Waals surface area contributed by atoms with E-state index in [0.717, 1.165) is 17.1 Å². The van der Waals surface area contributed by atoms with Crippen molar-refractivity contribution in [1.29, 1.82) is 0 Å². The van der Waals surface area contributed by atoms with Crippen LogP contribution in [-0.4, -0.2) is 34.4 Å². The summed E-state index contributed by atoms with van der Waals surface area (Å²) in [6.45, 7) is 3.18. The molecule has 0 bridgehead atoms. The van der Waals surface area contributed by atoms with Crippen LogP contribution in [0.25, 0.3) is 0 Å². The molecule has 2 N–H and O–H groups in total. The fourth-order valence-corrected chi connectivity index (χ4v) is 3.09. The molecular formula is C10H17NO5S. The van der Waals surface area contributed by atoms with Crippen LogP contribution in [0.5, 0.6) is 0 Å². The summed E-state index contributed by atoms with van der Waals surface area (Å²) in [6, 6.07) is -0.507. The minimum Gasteiger partial charge on any atom is -0.478 e. The molecule has 6 nitrogen and oxygen atoms in total. The highest BCUT2D eigenvalue weighted by molar-refractivity contribution is 7.83. The smallest absolute Gasteiger partial charge is 0.359 e. The molecule has 17 heavy (non-hydrogen) atoms. The number of carbonyl (C=O) groups is 1. The molecule has 1 aliphatic carbocycles. The topological polar surface area (TPSA) is 94.9 Å². The van der Waals surface area contributed by atoms with E-state index in [2.05, 4.69) is 0 Å². The summed E-state index contributed by atoms with van der Waals surface area (Å²) in [5, 5.41) is 9.04. The fraction of sp³-hybridized carbons (Fsp3) is 0.700. The minimum absolute atomic E-state index is 0.0857. The van der Waals surface area contributed by atoms with Gasteiger partial charge in [0, 0.05) is 11.7 Å². The number of rotatable bonds is 4. The van der Waals surface area contributed by atoms with Crippen LogP contribution in [0.1, 0.15) is 39.5 Å². The Bertz CT molecular complexity index is 438. The van der Waals surface area contributed by atoms with Crippen LogP contribution >= 0.6 is 0 Å². The minimum atomic E-state index is -4.42. The second-order valence-corrected chi connectivity index (χ2v) is 5.59. The molecule has 1 rings (SSSR count). The van der Waals surface area contributed by atoms with Crippen molar-refractivity contribution < 1.29 is 22.9 Å². The van der Waals surface area contributed by atoms with Gasteiger partial charge < -0.3 is 5.11 Å². The molecule has 98 valence electrons. The van der Waals surface area contributed by atoms with Gasteiger partial charge in [0.1, 0.15) is 0 Å². The van der Waals surface area contributed by atoms with Gasteiger partial charge in [-0.3, -0.25) is 4.55 Å². The van der Waals surface area contributed by atoms with E-state index in [1.54, 1.807) is 13.8 Å². The highest BCUT2D eigenvalue weighted by Crippen LogP contribution is 2.30. The van der Waals surface area contributed by atoms with Gasteiger partial charge in [-0.2, -0.15) is 8.42 Å². The van der Waals surface area contributed by atoms with Crippen molar-refractivity contribution in [2.45, 2.75) is 45.6 Å². The Hall–Kier alpha value is -1.08. The summed E-state index contributed by atoms with van der Waals surface area (Å²) in [7, 11) is -4.42. The molecular weight excluding hydrogens is 246 g/mol. The Morgan fingerprint density at radius 3 is 2.24 bits per heavy atom. The lowest BCUT2D eigenvalue weighted by Gasteiger charge is -2.31. The molecule has 0 saturated carbocycles. The van der Waals surface area contributed by atoms with Gasteiger partial charge in [-0.05, 0) is 39.5 Å². The van der Waals surface area contributed by atoms with E-state index in [9.17, 15) is 17.8 Å². The predicted octanol–water partition coefficient (Wildman–Crippen LogP) is 1.41. The van der Waals surface area contributed by atoms with Gasteiger partial charge >= 0.3 is 16.3 Å². The van der Waals surface area contributed by atoms with Crippen molar-refractivity contribution in [3.8, 4) is 0 Å². The highest BCUT2D eigenvalue weighted by atomic mass is 32.2. The summed E-state index contributed by atoms with van der Waals surface area (Å²) in [5.41, 5.74) is 0.295. The third-order valence-electron chi connectivity index (χ3n) is 2.68. The molecule has 0 aromatic heterocycles. The molecule has 0 unspecified atom stereocenters. The van der Waals surface area contributed by atoms with Crippen LogP contribution < -0.4 is 0 Å². The molecule has 0 heterocycles. The lowest BCUT2D eigenvalue weighted by molar-refractivity contribution is -0.133. The molecule has 0 fully saturated rings. The van der Waals surface area contributed by atoms with Gasteiger partial charge in [0.2, 0.25) is 0 Å². The Morgan fingerprint density at radius 1 is 1.29 bits per heavy atom. The number of aliphatic carboxylic acids is 1. The monoisotopic (exact) mass is 263 g/mol. The molecule has 7 heteroatoms. The van der Waals surface area contributed by atoms with Crippen LogP contribution in [0.15, 0.2) is 11.3 Å². The lowest BCUT2D eigenvalue weighted by Crippen LogP contribution is -2.37. The maximum atomic E-state index is 11.3. The molecule has 1 aliphatic rings. The zero-order valence-electron chi connectivity index (χ0n) is 9.88. The van der Waals surface area contributed by atoms with Gasteiger partial charge in [0.25, 0.3) is 0 Å². The van der Waals surface area contributed by atoms with Gasteiger partial charge in [0.15, 0.2) is 0 Å². The molecule has 0 aliphatic heterocycles. The zero-order valence-corrected chi connectivity index (χ0v) is 10.7. The lowest BCUT2D eigenvalue weighted by atomic mass is 9.96. The van der Waals surface area contributed by atoms with Crippen LogP contribution in [0, 0.1) is 0 Å². The summed E-state index contributed by atoms with van der Waals surface area (Å²) in [5.74, 6) is -1.12. The average Bonchev–Trinajstić information content (AvgIpc) is 2.15. The van der Waals surface area contributed by atoms with Crippen molar-refractivity contribution in [1.82, 2.24) is 4.31 Å². The van der Waals surface area contributed by atoms with Crippen LogP contribution in [0.2, 0.25) is 0 Å². The number of nitrogens with zero attached hydrogens (tertiary/aromatic N) is 1. The molecule has 0 radical (unpaired) electrons. The summed E-state index contributed by atoms with van der Waals surface area (Å²) in [4.78, 5) is 11.1. The standard InChI is InChI=1S/C10H17NO5S/c1-7(2)11(17(14,15)16)9-6-4-3-5-8(9)10(12)13/h7H,3-6H2,1-2H3,(H,12,13)(H,14,15,16). The van der Waals surface area contributed by atoms with Crippen LogP contribution in [-0.2, 0) is 15.1 Å². The van der Waals surface area contributed by atoms with Crippen LogP contribution in [0.3, 0.4) is 0 Å². The number of carboxylic acid groups (broad SMARTS) is 1. The van der Waals surface area contributed by atoms with Gasteiger partial charge in [-0.15, -0.1) is 0 Å². The first-order chi connectivity index (χ1) is 7.75. The first-order valence-corrected chi connectivity index (χ1v) is 6.87. The first-order valence-electron chi connectivity index (χ1n) is 5.47. The van der Waals surface area contributed by atoms with E-state index in [0.29, 0.717) is 12.8 Å². The van der Waals surface area contributed by atoms with Crippen LogP contribution in [0.4, 0.5) is 0 Å². The average molecular weight is 263 g/mol. The van der Waals surface area contributed by atoms with E-state index in [1.165, 1.54) is 0 Å². The summed E-state index contributed by atoms with van der Waals surface area (Å²) >= 11 is 0. The normalized spacial score (nSPS) is 17.4. The molecule has 0 amide bonds. The predicted molar refractivity (Wildman–Crippen MR) is 61.7 cm³/mol. The number of allylic oxidation sites excluding steroid dienone is 1. The Kier molecular flexibility index (Phi) is 4.16. The largest absolute Gasteiger partial charge is 0.478 e. The van der Waals surface area contributed by atoms with Crippen molar-refractivity contribution in [2.75, 3.05) is 0 Å². The Morgan fingerprint density at radius 2 is 1.82 bits per heavy atom. The fourth-order valence-electron chi connectivity index (χ4n) is 2.08. The molecule has 0 atom stereocenters. The summed E-state index contributed by atoms with van der Waals surface area (Å²) < 4.78 is 32.6. The second-order valence-electron chi connectivity index (χ2n) is 4.30. The van der Waals surface area contributed by atoms with Crippen molar-refractivity contribution in [3.63, 3.8) is 0 Å².